The Morgan fingerprint density at radius 3 is 2.38 bits per heavy atom. The van der Waals surface area contributed by atoms with Crippen LogP contribution in [0.2, 0.25) is 0 Å². The maximum Gasteiger partial charge on any atom is 0.112 e. The molecule has 78 valence electrons. The van der Waals surface area contributed by atoms with Crippen LogP contribution in [0.1, 0.15) is 30.2 Å². The van der Waals surface area contributed by atoms with Gasteiger partial charge in [0.2, 0.25) is 0 Å². The van der Waals surface area contributed by atoms with Crippen molar-refractivity contribution >= 4 is 36.2 Å². The highest BCUT2D eigenvalue weighted by Crippen LogP contribution is 2.25. The fourth-order valence-corrected chi connectivity index (χ4v) is 1.66. The number of hydrogen-bond acceptors (Lipinski definition) is 3. The van der Waals surface area contributed by atoms with Gasteiger partial charge in [-0.1, -0.05) is 6.92 Å². The van der Waals surface area contributed by atoms with E-state index in [9.17, 15) is 0 Å². The van der Waals surface area contributed by atoms with Gasteiger partial charge in [0, 0.05) is 11.1 Å². The Hall–Kier alpha value is 0.170. The van der Waals surface area contributed by atoms with Gasteiger partial charge in [0.05, 0.1) is 5.54 Å². The summed E-state index contributed by atoms with van der Waals surface area (Å²) < 4.78 is 0. The van der Waals surface area contributed by atoms with E-state index in [1.807, 2.05) is 20.0 Å². The van der Waals surface area contributed by atoms with Gasteiger partial charge < -0.3 is 5.73 Å². The van der Waals surface area contributed by atoms with Gasteiger partial charge in [-0.05, 0) is 20.3 Å². The molecule has 0 radical (unpaired) electrons. The van der Waals surface area contributed by atoms with E-state index in [4.69, 9.17) is 5.73 Å². The second-order valence-electron chi connectivity index (χ2n) is 3.05. The summed E-state index contributed by atoms with van der Waals surface area (Å²) in [6, 6.07) is 0. The Bertz CT molecular complexity index is 248. The first-order valence-electron chi connectivity index (χ1n) is 3.78. The van der Waals surface area contributed by atoms with Crippen LogP contribution < -0.4 is 5.73 Å². The summed E-state index contributed by atoms with van der Waals surface area (Å²) in [4.78, 5) is 5.48. The van der Waals surface area contributed by atoms with E-state index in [0.717, 1.165) is 11.4 Å². The summed E-state index contributed by atoms with van der Waals surface area (Å²) in [6.45, 7) is 6.15. The zero-order chi connectivity index (χ0) is 8.48. The summed E-state index contributed by atoms with van der Waals surface area (Å²) in [7, 11) is 0. The number of nitrogens with two attached hydrogens (primary N) is 1. The normalized spacial score (nSPS) is 13.8. The number of nitrogens with zero attached hydrogens (tertiary/aromatic N) is 1. The van der Waals surface area contributed by atoms with Crippen LogP contribution in [-0.4, -0.2) is 4.98 Å². The quantitative estimate of drug-likeness (QED) is 0.867. The van der Waals surface area contributed by atoms with Gasteiger partial charge in [0.15, 0.2) is 0 Å². The Morgan fingerprint density at radius 2 is 2.08 bits per heavy atom. The Morgan fingerprint density at radius 1 is 1.54 bits per heavy atom. The van der Waals surface area contributed by atoms with E-state index >= 15 is 0 Å². The predicted octanol–water partition coefficient (Wildman–Crippen LogP) is 2.88. The molecule has 0 aromatic carbocycles. The highest BCUT2D eigenvalue weighted by Gasteiger charge is 2.21. The second-order valence-corrected chi connectivity index (χ2v) is 4.28. The van der Waals surface area contributed by atoms with E-state index in [2.05, 4.69) is 11.9 Å². The van der Waals surface area contributed by atoms with E-state index in [1.165, 1.54) is 4.88 Å². The van der Waals surface area contributed by atoms with Crippen LogP contribution >= 0.6 is 36.2 Å². The average molecular weight is 243 g/mol. The van der Waals surface area contributed by atoms with Crippen molar-refractivity contribution in [2.75, 3.05) is 0 Å². The Balaban J connectivity index is 0. The van der Waals surface area contributed by atoms with Crippen LogP contribution in [0.15, 0.2) is 6.20 Å². The van der Waals surface area contributed by atoms with Crippen molar-refractivity contribution in [3.63, 3.8) is 0 Å². The van der Waals surface area contributed by atoms with E-state index < -0.39 is 0 Å². The SMILES string of the molecule is CCC(C)(N)c1ncc(C)s1.Cl.Cl. The lowest BCUT2D eigenvalue weighted by molar-refractivity contribution is 0.474. The van der Waals surface area contributed by atoms with E-state index in [0.29, 0.717) is 0 Å². The van der Waals surface area contributed by atoms with Gasteiger partial charge in [-0.25, -0.2) is 4.98 Å². The third-order valence-electron chi connectivity index (χ3n) is 1.84. The summed E-state index contributed by atoms with van der Waals surface area (Å²) in [5, 5.41) is 1.04. The summed E-state index contributed by atoms with van der Waals surface area (Å²) in [5.74, 6) is 0. The first kappa shape index (κ1) is 15.6. The molecule has 0 saturated heterocycles. The molecule has 1 aromatic heterocycles. The lowest BCUT2D eigenvalue weighted by Gasteiger charge is -2.18. The van der Waals surface area contributed by atoms with Crippen molar-refractivity contribution < 1.29 is 0 Å². The van der Waals surface area contributed by atoms with Gasteiger partial charge in [-0.15, -0.1) is 36.2 Å². The first-order valence-corrected chi connectivity index (χ1v) is 4.59. The summed E-state index contributed by atoms with van der Waals surface area (Å²) >= 11 is 1.68. The largest absolute Gasteiger partial charge is 0.320 e. The number of aromatic nitrogens is 1. The molecule has 0 bridgehead atoms. The van der Waals surface area contributed by atoms with Crippen LogP contribution in [0.3, 0.4) is 0 Å². The minimum absolute atomic E-state index is 0. The van der Waals surface area contributed by atoms with Gasteiger partial charge in [0.1, 0.15) is 5.01 Å². The minimum Gasteiger partial charge on any atom is -0.320 e. The van der Waals surface area contributed by atoms with E-state index in [1.54, 1.807) is 11.3 Å². The standard InChI is InChI=1S/C8H14N2S.2ClH/c1-4-8(3,9)7-10-5-6(2)11-7;;/h5H,4,9H2,1-3H3;2*1H. The van der Waals surface area contributed by atoms with E-state index in [-0.39, 0.29) is 30.4 Å². The molecule has 1 aromatic rings. The molecule has 2 nitrogen and oxygen atoms in total. The van der Waals surface area contributed by atoms with Crippen molar-refractivity contribution in [2.24, 2.45) is 5.73 Å². The van der Waals surface area contributed by atoms with Crippen LogP contribution in [0.5, 0.6) is 0 Å². The van der Waals surface area contributed by atoms with Crippen molar-refractivity contribution in [3.8, 4) is 0 Å². The first-order chi connectivity index (χ1) is 5.06. The molecule has 0 amide bonds. The lowest BCUT2D eigenvalue weighted by Crippen LogP contribution is -2.31. The number of hydrogen-bond donors (Lipinski definition) is 1. The molecule has 0 fully saturated rings. The van der Waals surface area contributed by atoms with Crippen LogP contribution in [0.25, 0.3) is 0 Å². The van der Waals surface area contributed by atoms with Crippen molar-refractivity contribution in [1.82, 2.24) is 4.98 Å². The minimum atomic E-state index is -0.237. The van der Waals surface area contributed by atoms with Gasteiger partial charge in [-0.2, -0.15) is 0 Å². The topological polar surface area (TPSA) is 38.9 Å². The molecule has 1 rings (SSSR count). The molecule has 1 atom stereocenters. The van der Waals surface area contributed by atoms with Gasteiger partial charge in [-0.3, -0.25) is 0 Å². The predicted molar refractivity (Wildman–Crippen MR) is 63.2 cm³/mol. The molecular formula is C8H16Cl2N2S. The third kappa shape index (κ3) is 3.81. The molecule has 0 saturated carbocycles. The molecule has 2 N–H and O–H groups in total. The number of rotatable bonds is 2. The highest BCUT2D eigenvalue weighted by atomic mass is 35.5. The molecule has 0 spiro atoms. The van der Waals surface area contributed by atoms with Crippen molar-refractivity contribution in [1.29, 1.82) is 0 Å². The lowest BCUT2D eigenvalue weighted by atomic mass is 10.0. The maximum atomic E-state index is 6.00. The van der Waals surface area contributed by atoms with Crippen LogP contribution in [0, 0.1) is 6.92 Å². The fraction of sp³-hybridized carbons (Fsp3) is 0.625. The molecule has 0 aliphatic heterocycles. The zero-order valence-electron chi connectivity index (χ0n) is 8.03. The molecule has 0 aliphatic carbocycles. The molecule has 1 unspecified atom stereocenters. The molecule has 13 heavy (non-hydrogen) atoms. The smallest absolute Gasteiger partial charge is 0.112 e. The van der Waals surface area contributed by atoms with Gasteiger partial charge in [0.25, 0.3) is 0 Å². The van der Waals surface area contributed by atoms with Crippen LogP contribution in [0.4, 0.5) is 0 Å². The molecule has 0 aliphatic rings. The van der Waals surface area contributed by atoms with Crippen molar-refractivity contribution in [2.45, 2.75) is 32.7 Å². The fourth-order valence-electron chi connectivity index (χ4n) is 0.770. The maximum absolute atomic E-state index is 6.00. The highest BCUT2D eigenvalue weighted by molar-refractivity contribution is 7.11. The Labute approximate surface area is 95.8 Å². The van der Waals surface area contributed by atoms with Gasteiger partial charge >= 0.3 is 0 Å². The zero-order valence-corrected chi connectivity index (χ0v) is 10.5. The molecule has 1 heterocycles. The van der Waals surface area contributed by atoms with Crippen molar-refractivity contribution in [3.05, 3.63) is 16.1 Å². The number of thiazole rings is 1. The monoisotopic (exact) mass is 242 g/mol. The average Bonchev–Trinajstić information content (AvgIpc) is 2.36. The third-order valence-corrected chi connectivity index (χ3v) is 3.04. The Kier molecular flexibility index (Phi) is 6.98. The molecule has 5 heteroatoms. The number of halogens is 2. The number of aryl methyl sites for hydroxylation is 1. The van der Waals surface area contributed by atoms with Crippen LogP contribution in [-0.2, 0) is 5.54 Å². The summed E-state index contributed by atoms with van der Waals surface area (Å²) in [5.41, 5.74) is 5.76. The second kappa shape index (κ2) is 5.81. The summed E-state index contributed by atoms with van der Waals surface area (Å²) in [6.07, 6.45) is 2.81. The molecular weight excluding hydrogens is 227 g/mol.